The van der Waals surface area contributed by atoms with Crippen LogP contribution < -0.4 is 0 Å². The molecule has 2 aromatic heterocycles. The second-order valence-corrected chi connectivity index (χ2v) is 14.8. The Morgan fingerprint density at radius 3 is 2.33 bits per heavy atom. The van der Waals surface area contributed by atoms with Crippen LogP contribution in [0.1, 0.15) is 56.8 Å². The lowest BCUT2D eigenvalue weighted by Crippen LogP contribution is -1.97. The molecule has 9 rings (SSSR count). The van der Waals surface area contributed by atoms with E-state index in [1.54, 1.807) is 0 Å². The van der Waals surface area contributed by atoms with Crippen molar-refractivity contribution in [2.45, 2.75) is 32.1 Å². The number of benzene rings is 5. The second kappa shape index (κ2) is 14.6. The van der Waals surface area contributed by atoms with Crippen molar-refractivity contribution in [2.75, 3.05) is 0 Å². The fourth-order valence-corrected chi connectivity index (χ4v) is 8.02. The Labute approximate surface area is 324 Å². The quantitative estimate of drug-likeness (QED) is 0.154. The van der Waals surface area contributed by atoms with Crippen LogP contribution in [0.25, 0.3) is 67.9 Å². The average Bonchev–Trinajstić information content (AvgIpc) is 3.57. The summed E-state index contributed by atoms with van der Waals surface area (Å²) in [5.74, 6) is 0.106. The molecule has 0 aliphatic heterocycles. The highest BCUT2D eigenvalue weighted by Crippen LogP contribution is 2.33. The third-order valence-electron chi connectivity index (χ3n) is 11.3. The molecule has 1 unspecified atom stereocenters. The highest BCUT2D eigenvalue weighted by molar-refractivity contribution is 5.90. The van der Waals surface area contributed by atoms with Crippen LogP contribution in [-0.4, -0.2) is 9.97 Å². The van der Waals surface area contributed by atoms with Gasteiger partial charge in [-0.15, -0.1) is 6.58 Å². The molecule has 2 aliphatic rings. The summed E-state index contributed by atoms with van der Waals surface area (Å²) in [7, 11) is 0. The van der Waals surface area contributed by atoms with Crippen molar-refractivity contribution >= 4 is 45.5 Å². The van der Waals surface area contributed by atoms with E-state index in [0.717, 1.165) is 41.4 Å². The Morgan fingerprint density at radius 1 is 0.673 bits per heavy atom. The first-order valence-corrected chi connectivity index (χ1v) is 19.1. The molecule has 0 amide bonds. The van der Waals surface area contributed by atoms with E-state index in [4.69, 9.17) is 4.98 Å². The Morgan fingerprint density at radius 2 is 1.44 bits per heavy atom. The lowest BCUT2D eigenvalue weighted by atomic mass is 9.91. The van der Waals surface area contributed by atoms with Crippen LogP contribution in [0.3, 0.4) is 0 Å². The van der Waals surface area contributed by atoms with Crippen molar-refractivity contribution in [3.8, 4) is 22.4 Å². The number of hydrogen-bond acceptors (Lipinski definition) is 2. The van der Waals surface area contributed by atoms with E-state index in [2.05, 4.69) is 177 Å². The molecule has 2 heterocycles. The van der Waals surface area contributed by atoms with Gasteiger partial charge in [-0.2, -0.15) is 0 Å². The van der Waals surface area contributed by atoms with Gasteiger partial charge in [0.1, 0.15) is 0 Å². The maximum atomic E-state index is 5.11. The highest BCUT2D eigenvalue weighted by atomic mass is 14.7. The molecule has 0 saturated heterocycles. The number of pyridine rings is 2. The normalized spacial score (nSPS) is 14.3. The SMILES string of the molecule is C=CC(/C=C\c1ccc2c(c1C)CC(=C)CC=C2)c1ccc2cc(-c3ccc4cc(-c5ccc6c(c5)CC=C(c5ccncc5)C=C6)ccc4n3)ccc2c1. The molecular weight excluding hydrogens is 665 g/mol. The lowest BCUT2D eigenvalue weighted by Gasteiger charge is -2.14. The largest absolute Gasteiger partial charge is 0.265 e. The van der Waals surface area contributed by atoms with Crippen LogP contribution in [0.2, 0.25) is 0 Å². The van der Waals surface area contributed by atoms with Gasteiger partial charge in [0, 0.05) is 29.3 Å². The topological polar surface area (TPSA) is 25.8 Å². The van der Waals surface area contributed by atoms with Crippen molar-refractivity contribution in [3.05, 3.63) is 215 Å². The summed E-state index contributed by atoms with van der Waals surface area (Å²) in [4.78, 5) is 9.28. The minimum atomic E-state index is 0.106. The number of fused-ring (bicyclic) bond motifs is 4. The number of hydrogen-bond donors (Lipinski definition) is 0. The van der Waals surface area contributed by atoms with Crippen LogP contribution in [0, 0.1) is 6.92 Å². The smallest absolute Gasteiger partial charge is 0.0709 e. The molecule has 0 fully saturated rings. The van der Waals surface area contributed by atoms with E-state index in [-0.39, 0.29) is 5.92 Å². The molecule has 2 aliphatic carbocycles. The molecule has 0 saturated carbocycles. The first kappa shape index (κ1) is 34.1. The number of nitrogens with zero attached hydrogens (tertiary/aromatic N) is 2. The standard InChI is InChI=1S/C53H42N2/c1-4-37(8-9-38-10-15-42-7-5-6-35(2)30-51(42)36(38)3)43-18-19-47-33-49(21-20-46(47)31-43)53-25-23-50-34-48(22-24-52(50)55-53)45-17-14-40-12-11-39(13-16-44(40)32-45)41-26-28-54-29-27-41/h4-5,7-15,17-29,31-34,37H,1-2,6,16,30H2,3H3/b9-8-. The van der Waals surface area contributed by atoms with E-state index < -0.39 is 0 Å². The first-order chi connectivity index (χ1) is 27.0. The number of allylic oxidation sites excluding steroid dienone is 7. The van der Waals surface area contributed by atoms with E-state index in [1.165, 1.54) is 77.6 Å². The van der Waals surface area contributed by atoms with Crippen LogP contribution in [0.5, 0.6) is 0 Å². The lowest BCUT2D eigenvalue weighted by molar-refractivity contribution is 1.07. The van der Waals surface area contributed by atoms with Crippen LogP contribution in [-0.2, 0) is 12.8 Å². The van der Waals surface area contributed by atoms with Crippen LogP contribution >= 0.6 is 0 Å². The molecule has 0 radical (unpaired) electrons. The summed E-state index contributed by atoms with van der Waals surface area (Å²) in [5, 5.41) is 3.54. The summed E-state index contributed by atoms with van der Waals surface area (Å²) < 4.78 is 0. The summed E-state index contributed by atoms with van der Waals surface area (Å²) in [6.45, 7) is 10.7. The van der Waals surface area contributed by atoms with Gasteiger partial charge in [0.05, 0.1) is 11.2 Å². The third-order valence-corrected chi connectivity index (χ3v) is 11.3. The van der Waals surface area contributed by atoms with Crippen molar-refractivity contribution in [3.63, 3.8) is 0 Å². The summed E-state index contributed by atoms with van der Waals surface area (Å²) in [6, 6.07) is 39.7. The minimum absolute atomic E-state index is 0.106. The third kappa shape index (κ3) is 6.96. The fraction of sp³-hybridized carbons (Fsp3) is 0.0943. The van der Waals surface area contributed by atoms with E-state index in [9.17, 15) is 0 Å². The summed E-state index contributed by atoms with van der Waals surface area (Å²) in [6.07, 6.45) is 24.2. The maximum absolute atomic E-state index is 5.11. The first-order valence-electron chi connectivity index (χ1n) is 19.1. The van der Waals surface area contributed by atoms with Crippen LogP contribution in [0.15, 0.2) is 171 Å². The van der Waals surface area contributed by atoms with Crippen molar-refractivity contribution in [1.82, 2.24) is 9.97 Å². The van der Waals surface area contributed by atoms with Gasteiger partial charge >= 0.3 is 0 Å². The predicted octanol–water partition coefficient (Wildman–Crippen LogP) is 13.6. The van der Waals surface area contributed by atoms with Gasteiger partial charge < -0.3 is 0 Å². The zero-order valence-corrected chi connectivity index (χ0v) is 31.2. The van der Waals surface area contributed by atoms with Gasteiger partial charge in [-0.1, -0.05) is 134 Å². The van der Waals surface area contributed by atoms with Gasteiger partial charge in [0.2, 0.25) is 0 Å². The molecule has 55 heavy (non-hydrogen) atoms. The van der Waals surface area contributed by atoms with Crippen molar-refractivity contribution in [2.24, 2.45) is 0 Å². The Hall–Kier alpha value is -6.64. The monoisotopic (exact) mass is 706 g/mol. The van der Waals surface area contributed by atoms with Crippen LogP contribution in [0.4, 0.5) is 0 Å². The van der Waals surface area contributed by atoms with Crippen molar-refractivity contribution in [1.29, 1.82) is 0 Å². The zero-order valence-electron chi connectivity index (χ0n) is 31.2. The molecule has 7 aromatic rings. The Balaban J connectivity index is 0.932. The van der Waals surface area contributed by atoms with E-state index in [0.29, 0.717) is 0 Å². The molecule has 0 spiro atoms. The summed E-state index contributed by atoms with van der Waals surface area (Å²) >= 11 is 0. The fourth-order valence-electron chi connectivity index (χ4n) is 8.02. The van der Waals surface area contributed by atoms with E-state index in [1.807, 2.05) is 18.5 Å². The molecule has 1 atom stereocenters. The molecular formula is C53H42N2. The van der Waals surface area contributed by atoms with Crippen molar-refractivity contribution < 1.29 is 0 Å². The van der Waals surface area contributed by atoms with Gasteiger partial charge in [0.25, 0.3) is 0 Å². The number of rotatable bonds is 7. The molecule has 2 nitrogen and oxygen atoms in total. The minimum Gasteiger partial charge on any atom is -0.265 e. The maximum Gasteiger partial charge on any atom is 0.0709 e. The number of aromatic nitrogens is 2. The molecule has 0 N–H and O–H groups in total. The molecule has 264 valence electrons. The van der Waals surface area contributed by atoms with Gasteiger partial charge in [-0.05, 0) is 135 Å². The molecule has 0 bridgehead atoms. The highest BCUT2D eigenvalue weighted by Gasteiger charge is 2.13. The van der Waals surface area contributed by atoms with Gasteiger partial charge in [-0.3, -0.25) is 4.98 Å². The second-order valence-electron chi connectivity index (χ2n) is 14.8. The van der Waals surface area contributed by atoms with Gasteiger partial charge in [-0.25, -0.2) is 4.98 Å². The Kier molecular flexibility index (Phi) is 9.09. The predicted molar refractivity (Wildman–Crippen MR) is 235 cm³/mol. The molecule has 2 heteroatoms. The molecule has 5 aromatic carbocycles. The Bertz CT molecular complexity index is 2770. The van der Waals surface area contributed by atoms with Gasteiger partial charge in [0.15, 0.2) is 0 Å². The van der Waals surface area contributed by atoms with E-state index >= 15 is 0 Å². The zero-order chi connectivity index (χ0) is 37.3. The summed E-state index contributed by atoms with van der Waals surface area (Å²) in [5.41, 5.74) is 18.3. The average molecular weight is 707 g/mol.